The normalized spacial score (nSPS) is 15.8. The Kier molecular flexibility index (Phi) is 5.61. The average molecular weight is 457 g/mol. The number of benzene rings is 1. The molecule has 1 fully saturated rings. The molecule has 1 aromatic heterocycles. The third-order valence-electron chi connectivity index (χ3n) is 4.24. The van der Waals surface area contributed by atoms with Crippen molar-refractivity contribution in [2.45, 2.75) is 11.8 Å². The first-order chi connectivity index (χ1) is 12.3. The lowest BCUT2D eigenvalue weighted by Gasteiger charge is -2.33. The molecule has 0 N–H and O–H groups in total. The van der Waals surface area contributed by atoms with Gasteiger partial charge in [0.05, 0.1) is 14.2 Å². The predicted octanol–water partition coefficient (Wildman–Crippen LogP) is 2.86. The fourth-order valence-corrected chi connectivity index (χ4v) is 5.30. The number of carbonyl (C=O) groups excluding carboxylic acids is 2. The molecule has 0 unspecified atom stereocenters. The van der Waals surface area contributed by atoms with Crippen LogP contribution in [0.4, 0.5) is 0 Å². The minimum atomic E-state index is -3.64. The van der Waals surface area contributed by atoms with Gasteiger partial charge in [0.25, 0.3) is 5.91 Å². The van der Waals surface area contributed by atoms with Crippen LogP contribution in [0.2, 0.25) is 0 Å². The molecule has 0 spiro atoms. The maximum Gasteiger partial charge on any atom is 0.254 e. The molecule has 3 rings (SSSR count). The van der Waals surface area contributed by atoms with Gasteiger partial charge in [0, 0.05) is 37.1 Å². The highest BCUT2D eigenvalue weighted by Crippen LogP contribution is 2.23. The number of sulfonamides is 1. The van der Waals surface area contributed by atoms with E-state index in [1.54, 1.807) is 16.3 Å². The van der Waals surface area contributed by atoms with Crippen molar-refractivity contribution in [3.05, 3.63) is 50.6 Å². The van der Waals surface area contributed by atoms with Crippen molar-refractivity contribution in [1.82, 2.24) is 9.21 Å². The molecular formula is C17H17BrN2O4S2. The van der Waals surface area contributed by atoms with E-state index in [-0.39, 0.29) is 29.7 Å². The van der Waals surface area contributed by atoms with Crippen molar-refractivity contribution in [2.24, 2.45) is 0 Å². The Bertz CT molecular complexity index is 930. The Labute approximate surface area is 164 Å². The number of thiophene rings is 1. The van der Waals surface area contributed by atoms with Crippen LogP contribution >= 0.6 is 27.3 Å². The summed E-state index contributed by atoms with van der Waals surface area (Å²) in [6, 6.07) is 7.71. The van der Waals surface area contributed by atoms with Gasteiger partial charge in [0.15, 0.2) is 5.78 Å². The van der Waals surface area contributed by atoms with Gasteiger partial charge in [-0.15, -0.1) is 11.3 Å². The fourth-order valence-electron chi connectivity index (χ4n) is 2.75. The summed E-state index contributed by atoms with van der Waals surface area (Å²) in [5.41, 5.74) is 1.08. The second kappa shape index (κ2) is 7.59. The summed E-state index contributed by atoms with van der Waals surface area (Å²) in [5.74, 6) is -0.198. The van der Waals surface area contributed by atoms with Crippen LogP contribution in [0.15, 0.2) is 44.4 Å². The van der Waals surface area contributed by atoms with Gasteiger partial charge >= 0.3 is 0 Å². The zero-order chi connectivity index (χ0) is 18.9. The molecule has 1 aliphatic rings. The van der Waals surface area contributed by atoms with E-state index in [0.29, 0.717) is 24.2 Å². The Morgan fingerprint density at radius 3 is 2.15 bits per heavy atom. The summed E-state index contributed by atoms with van der Waals surface area (Å²) in [4.78, 5) is 25.6. The molecule has 6 nitrogen and oxygen atoms in total. The molecule has 0 aliphatic carbocycles. The summed E-state index contributed by atoms with van der Waals surface area (Å²) in [5, 5.41) is 1.78. The molecule has 0 atom stereocenters. The highest BCUT2D eigenvalue weighted by molar-refractivity contribution is 9.11. The number of amides is 1. The molecule has 0 bridgehead atoms. The second-order valence-electron chi connectivity index (χ2n) is 5.92. The van der Waals surface area contributed by atoms with Gasteiger partial charge in [-0.1, -0.05) is 12.1 Å². The Balaban J connectivity index is 1.68. The van der Waals surface area contributed by atoms with Gasteiger partial charge < -0.3 is 4.90 Å². The van der Waals surface area contributed by atoms with Crippen molar-refractivity contribution in [3.63, 3.8) is 0 Å². The first kappa shape index (κ1) is 19.2. The molecule has 0 radical (unpaired) electrons. The molecule has 2 aromatic rings. The lowest BCUT2D eigenvalue weighted by Crippen LogP contribution is -2.50. The fraction of sp³-hybridized carbons (Fsp3) is 0.294. The zero-order valence-corrected chi connectivity index (χ0v) is 17.2. The van der Waals surface area contributed by atoms with Crippen molar-refractivity contribution >= 4 is 49.0 Å². The largest absolute Gasteiger partial charge is 0.336 e. The lowest BCUT2D eigenvalue weighted by atomic mass is 10.2. The highest BCUT2D eigenvalue weighted by atomic mass is 79.9. The monoisotopic (exact) mass is 456 g/mol. The Morgan fingerprint density at radius 1 is 1.04 bits per heavy atom. The van der Waals surface area contributed by atoms with Crippen molar-refractivity contribution < 1.29 is 18.0 Å². The Morgan fingerprint density at radius 2 is 1.65 bits per heavy atom. The Hall–Kier alpha value is -1.55. The maximum atomic E-state index is 12.8. The van der Waals surface area contributed by atoms with Crippen LogP contribution in [0.1, 0.15) is 27.6 Å². The zero-order valence-electron chi connectivity index (χ0n) is 14.0. The lowest BCUT2D eigenvalue weighted by molar-refractivity contribution is 0.0698. The first-order valence-electron chi connectivity index (χ1n) is 7.93. The SMILES string of the molecule is CC(=O)c1ccc(S(=O)(=O)N2CCN(C(=O)c3csc(Br)c3)CC2)cc1. The second-order valence-corrected chi connectivity index (χ2v) is 10.1. The van der Waals surface area contributed by atoms with Crippen LogP contribution in [0.25, 0.3) is 0 Å². The summed E-state index contributed by atoms with van der Waals surface area (Å²) >= 11 is 4.78. The van der Waals surface area contributed by atoms with Gasteiger partial charge in [0.1, 0.15) is 0 Å². The van der Waals surface area contributed by atoms with E-state index < -0.39 is 10.0 Å². The number of rotatable bonds is 4. The van der Waals surface area contributed by atoms with Crippen molar-refractivity contribution in [2.75, 3.05) is 26.2 Å². The number of nitrogens with zero attached hydrogens (tertiary/aromatic N) is 2. The van der Waals surface area contributed by atoms with Crippen LogP contribution in [0.3, 0.4) is 0 Å². The molecule has 1 amide bonds. The molecular weight excluding hydrogens is 440 g/mol. The summed E-state index contributed by atoms with van der Waals surface area (Å²) in [6.45, 7) is 2.61. The number of Topliss-reactive ketones (excluding diaryl/α,β-unsaturated/α-hetero) is 1. The topological polar surface area (TPSA) is 74.8 Å². The smallest absolute Gasteiger partial charge is 0.254 e. The van der Waals surface area contributed by atoms with E-state index in [4.69, 9.17) is 0 Å². The third-order valence-corrected chi connectivity index (χ3v) is 7.66. The molecule has 1 aromatic carbocycles. The first-order valence-corrected chi connectivity index (χ1v) is 11.0. The molecule has 26 heavy (non-hydrogen) atoms. The van der Waals surface area contributed by atoms with E-state index in [1.807, 2.05) is 0 Å². The standard InChI is InChI=1S/C17H17BrN2O4S2/c1-12(21)13-2-4-15(5-3-13)26(23,24)20-8-6-19(7-9-20)17(22)14-10-16(18)25-11-14/h2-5,10-11H,6-9H2,1H3. The molecule has 138 valence electrons. The van der Waals surface area contributed by atoms with Crippen LogP contribution < -0.4 is 0 Å². The van der Waals surface area contributed by atoms with E-state index >= 15 is 0 Å². The number of carbonyl (C=O) groups is 2. The molecule has 2 heterocycles. The van der Waals surface area contributed by atoms with Gasteiger partial charge in [-0.25, -0.2) is 8.42 Å². The minimum absolute atomic E-state index is 0.0881. The van der Waals surface area contributed by atoms with Crippen molar-refractivity contribution in [1.29, 1.82) is 0 Å². The number of hydrogen-bond acceptors (Lipinski definition) is 5. The van der Waals surface area contributed by atoms with E-state index in [1.165, 1.54) is 46.8 Å². The molecule has 0 saturated carbocycles. The van der Waals surface area contributed by atoms with Crippen LogP contribution in [-0.4, -0.2) is 55.5 Å². The van der Waals surface area contributed by atoms with E-state index in [2.05, 4.69) is 15.9 Å². The van der Waals surface area contributed by atoms with E-state index in [0.717, 1.165) is 3.79 Å². The van der Waals surface area contributed by atoms with Crippen LogP contribution in [0, 0.1) is 0 Å². The highest BCUT2D eigenvalue weighted by Gasteiger charge is 2.30. The summed E-state index contributed by atoms with van der Waals surface area (Å²) < 4.78 is 27.8. The average Bonchev–Trinajstić information content (AvgIpc) is 3.07. The van der Waals surface area contributed by atoms with Gasteiger partial charge in [-0.2, -0.15) is 4.31 Å². The van der Waals surface area contributed by atoms with Gasteiger partial charge in [-0.3, -0.25) is 9.59 Å². The predicted molar refractivity (Wildman–Crippen MR) is 103 cm³/mol. The third kappa shape index (κ3) is 3.90. The summed E-state index contributed by atoms with van der Waals surface area (Å²) in [6.07, 6.45) is 0. The van der Waals surface area contributed by atoms with E-state index in [9.17, 15) is 18.0 Å². The number of halogens is 1. The number of hydrogen-bond donors (Lipinski definition) is 0. The van der Waals surface area contributed by atoms with Gasteiger partial charge in [0.2, 0.25) is 10.0 Å². The van der Waals surface area contributed by atoms with Crippen molar-refractivity contribution in [3.8, 4) is 0 Å². The molecule has 1 aliphatic heterocycles. The number of piperazine rings is 1. The molecule has 9 heteroatoms. The number of ketones is 1. The van der Waals surface area contributed by atoms with Crippen LogP contribution in [-0.2, 0) is 10.0 Å². The summed E-state index contributed by atoms with van der Waals surface area (Å²) in [7, 11) is -3.64. The minimum Gasteiger partial charge on any atom is -0.336 e. The van der Waals surface area contributed by atoms with Crippen LogP contribution in [0.5, 0.6) is 0 Å². The maximum absolute atomic E-state index is 12.8. The van der Waals surface area contributed by atoms with Gasteiger partial charge in [-0.05, 0) is 41.1 Å². The quantitative estimate of drug-likeness (QED) is 0.662. The molecule has 1 saturated heterocycles.